The molecule has 1 fully saturated rings. The highest BCUT2D eigenvalue weighted by Crippen LogP contribution is 2.36. The molecule has 0 radical (unpaired) electrons. The van der Waals surface area contributed by atoms with Crippen LogP contribution in [-0.2, 0) is 21.2 Å². The van der Waals surface area contributed by atoms with E-state index in [1.165, 1.54) is 4.31 Å². The fourth-order valence-electron chi connectivity index (χ4n) is 4.69. The molecular weight excluding hydrogens is 414 g/mol. The van der Waals surface area contributed by atoms with Crippen molar-refractivity contribution in [3.8, 4) is 0 Å². The summed E-state index contributed by atoms with van der Waals surface area (Å²) in [7, 11) is -1.88. The van der Waals surface area contributed by atoms with Crippen LogP contribution in [-0.4, -0.2) is 74.3 Å². The summed E-state index contributed by atoms with van der Waals surface area (Å²) < 4.78 is 26.5. The van der Waals surface area contributed by atoms with Gasteiger partial charge in [-0.15, -0.1) is 0 Å². The van der Waals surface area contributed by atoms with Crippen LogP contribution < -0.4 is 4.31 Å². The predicted molar refractivity (Wildman–Crippen MR) is 120 cm³/mol. The van der Waals surface area contributed by atoms with Gasteiger partial charge in [0, 0.05) is 33.1 Å². The van der Waals surface area contributed by atoms with Gasteiger partial charge < -0.3 is 10.0 Å². The number of aliphatic hydroxyl groups is 1. The van der Waals surface area contributed by atoms with E-state index in [-0.39, 0.29) is 18.1 Å². The summed E-state index contributed by atoms with van der Waals surface area (Å²) >= 11 is 0. The molecule has 4 rings (SSSR count). The quantitative estimate of drug-likeness (QED) is 0.734. The summed E-state index contributed by atoms with van der Waals surface area (Å²) in [4.78, 5) is 17.5. The van der Waals surface area contributed by atoms with E-state index in [0.29, 0.717) is 25.2 Å². The second kappa shape index (κ2) is 8.61. The molecule has 0 unspecified atom stereocenters. The average Bonchev–Trinajstić information content (AvgIpc) is 3.34. The molecule has 0 spiro atoms. The molecule has 2 aliphatic heterocycles. The first-order valence-corrected chi connectivity index (χ1v) is 12.4. The lowest BCUT2D eigenvalue weighted by Gasteiger charge is -2.35. The van der Waals surface area contributed by atoms with Crippen molar-refractivity contribution in [3.05, 3.63) is 65.7 Å². The summed E-state index contributed by atoms with van der Waals surface area (Å²) in [5.41, 5.74) is 2.43. The van der Waals surface area contributed by atoms with Crippen molar-refractivity contribution in [3.63, 3.8) is 0 Å². The molecule has 2 heterocycles. The van der Waals surface area contributed by atoms with E-state index in [4.69, 9.17) is 0 Å². The number of sulfonamides is 1. The van der Waals surface area contributed by atoms with Crippen LogP contribution in [0, 0.1) is 0 Å². The second-order valence-corrected chi connectivity index (χ2v) is 10.3. The number of hydrogen-bond acceptors (Lipinski definition) is 5. The maximum absolute atomic E-state index is 13.7. The minimum atomic E-state index is -3.62. The van der Waals surface area contributed by atoms with Gasteiger partial charge in [0.25, 0.3) is 0 Å². The lowest BCUT2D eigenvalue weighted by atomic mass is 10.0. The van der Waals surface area contributed by atoms with Crippen molar-refractivity contribution in [1.29, 1.82) is 0 Å². The number of carbonyl (C=O) groups excluding carboxylic acids is 1. The number of benzene rings is 2. The summed E-state index contributed by atoms with van der Waals surface area (Å²) in [6, 6.07) is 16.0. The van der Waals surface area contributed by atoms with Crippen molar-refractivity contribution in [1.82, 2.24) is 9.80 Å². The molecule has 7 nitrogen and oxygen atoms in total. The van der Waals surface area contributed by atoms with Gasteiger partial charge >= 0.3 is 0 Å². The van der Waals surface area contributed by atoms with Gasteiger partial charge in [0.2, 0.25) is 15.9 Å². The Hall–Kier alpha value is -2.42. The van der Waals surface area contributed by atoms with Gasteiger partial charge in [-0.25, -0.2) is 8.42 Å². The van der Waals surface area contributed by atoms with E-state index < -0.39 is 16.1 Å². The molecule has 1 amide bonds. The number of carbonyl (C=O) groups is 1. The Bertz CT molecular complexity index is 1040. The normalized spacial score (nSPS) is 22.4. The summed E-state index contributed by atoms with van der Waals surface area (Å²) in [6.07, 6.45) is 1.88. The van der Waals surface area contributed by atoms with Crippen LogP contribution in [0.15, 0.2) is 54.6 Å². The standard InChI is InChI=1S/C23H29N3O4S/c1-24(22(17-8-4-3-5-9-17)16-25-13-12-19(27)15-25)23(28)21-14-18-10-6-7-11-20(18)26(21)31(2,29)30/h3-11,19,21-22,27H,12-16H2,1-2H3/t19-,21+,22+/m0/s1. The number of rotatable bonds is 6. The van der Waals surface area contributed by atoms with E-state index >= 15 is 0 Å². The fourth-order valence-corrected chi connectivity index (χ4v) is 5.86. The monoisotopic (exact) mass is 443 g/mol. The zero-order valence-corrected chi connectivity index (χ0v) is 18.7. The largest absolute Gasteiger partial charge is 0.392 e. The van der Waals surface area contributed by atoms with Gasteiger partial charge in [-0.05, 0) is 23.6 Å². The Balaban J connectivity index is 1.63. The molecule has 1 N–H and O–H groups in total. The molecule has 31 heavy (non-hydrogen) atoms. The summed E-state index contributed by atoms with van der Waals surface area (Å²) in [6.45, 7) is 1.94. The van der Waals surface area contributed by atoms with Gasteiger partial charge in [-0.2, -0.15) is 0 Å². The number of aliphatic hydroxyl groups excluding tert-OH is 1. The van der Waals surface area contributed by atoms with E-state index in [9.17, 15) is 18.3 Å². The summed E-state index contributed by atoms with van der Waals surface area (Å²) in [5, 5.41) is 9.93. The van der Waals surface area contributed by atoms with Crippen molar-refractivity contribution in [2.75, 3.05) is 37.2 Å². The molecule has 0 aromatic heterocycles. The minimum absolute atomic E-state index is 0.227. The number of anilines is 1. The SMILES string of the molecule is CN(C(=O)[C@H]1Cc2ccccc2N1S(C)(=O)=O)[C@H](CN1CC[C@H](O)C1)c1ccccc1. The smallest absolute Gasteiger partial charge is 0.247 e. The molecule has 8 heteroatoms. The number of nitrogens with zero attached hydrogens (tertiary/aromatic N) is 3. The summed E-state index contributed by atoms with van der Waals surface area (Å²) in [5.74, 6) is -0.227. The van der Waals surface area contributed by atoms with Gasteiger partial charge in [0.15, 0.2) is 0 Å². The van der Waals surface area contributed by atoms with Crippen LogP contribution in [0.2, 0.25) is 0 Å². The highest BCUT2D eigenvalue weighted by atomic mass is 32.2. The van der Waals surface area contributed by atoms with Crippen molar-refractivity contribution in [2.45, 2.75) is 31.0 Å². The minimum Gasteiger partial charge on any atom is -0.392 e. The Morgan fingerprint density at radius 1 is 1.16 bits per heavy atom. The van der Waals surface area contributed by atoms with Crippen LogP contribution in [0.3, 0.4) is 0 Å². The topological polar surface area (TPSA) is 81.2 Å². The molecule has 2 aromatic carbocycles. The molecule has 0 aliphatic carbocycles. The zero-order chi connectivity index (χ0) is 22.2. The number of β-amino-alcohol motifs (C(OH)–C–C–N with tert-alkyl or cyclic N) is 1. The lowest BCUT2D eigenvalue weighted by molar-refractivity contribution is -0.133. The zero-order valence-electron chi connectivity index (χ0n) is 17.9. The number of likely N-dealkylation sites (tertiary alicyclic amines) is 1. The van der Waals surface area contributed by atoms with Gasteiger partial charge in [-0.1, -0.05) is 48.5 Å². The predicted octanol–water partition coefficient (Wildman–Crippen LogP) is 1.64. The van der Waals surface area contributed by atoms with Crippen LogP contribution in [0.25, 0.3) is 0 Å². The van der Waals surface area contributed by atoms with Crippen LogP contribution in [0.1, 0.15) is 23.6 Å². The molecule has 3 atom stereocenters. The van der Waals surface area contributed by atoms with Gasteiger partial charge in [-0.3, -0.25) is 14.0 Å². The van der Waals surface area contributed by atoms with E-state index in [0.717, 1.165) is 30.3 Å². The first-order chi connectivity index (χ1) is 14.8. The Morgan fingerprint density at radius 3 is 2.48 bits per heavy atom. The lowest BCUT2D eigenvalue weighted by Crippen LogP contribution is -2.50. The number of fused-ring (bicyclic) bond motifs is 1. The first-order valence-electron chi connectivity index (χ1n) is 10.5. The Kier molecular flexibility index (Phi) is 6.05. The molecule has 0 bridgehead atoms. The molecule has 2 aromatic rings. The molecule has 166 valence electrons. The number of para-hydroxylation sites is 1. The average molecular weight is 444 g/mol. The first kappa shape index (κ1) is 21.8. The molecule has 0 saturated carbocycles. The molecule has 2 aliphatic rings. The fraction of sp³-hybridized carbons (Fsp3) is 0.435. The molecular formula is C23H29N3O4S. The van der Waals surface area contributed by atoms with E-state index in [2.05, 4.69) is 4.90 Å². The van der Waals surface area contributed by atoms with Crippen molar-refractivity contribution < 1.29 is 18.3 Å². The van der Waals surface area contributed by atoms with Crippen LogP contribution in [0.4, 0.5) is 5.69 Å². The van der Waals surface area contributed by atoms with Crippen molar-refractivity contribution >= 4 is 21.6 Å². The third kappa shape index (κ3) is 4.46. The molecule has 1 saturated heterocycles. The van der Waals surface area contributed by atoms with Crippen molar-refractivity contribution in [2.24, 2.45) is 0 Å². The van der Waals surface area contributed by atoms with Crippen LogP contribution >= 0.6 is 0 Å². The highest BCUT2D eigenvalue weighted by molar-refractivity contribution is 7.92. The van der Waals surface area contributed by atoms with E-state index in [1.807, 2.05) is 42.5 Å². The Morgan fingerprint density at radius 2 is 1.84 bits per heavy atom. The van der Waals surface area contributed by atoms with E-state index in [1.54, 1.807) is 24.1 Å². The second-order valence-electron chi connectivity index (χ2n) is 8.49. The third-order valence-electron chi connectivity index (χ3n) is 6.25. The van der Waals surface area contributed by atoms with Gasteiger partial charge in [0.1, 0.15) is 6.04 Å². The van der Waals surface area contributed by atoms with Gasteiger partial charge in [0.05, 0.1) is 24.1 Å². The number of amides is 1. The maximum Gasteiger partial charge on any atom is 0.247 e. The Labute approximate surface area is 183 Å². The maximum atomic E-state index is 13.7. The van der Waals surface area contributed by atoms with Crippen LogP contribution in [0.5, 0.6) is 0 Å². The number of likely N-dealkylation sites (N-methyl/N-ethyl adjacent to an activating group) is 1. The number of hydrogen-bond donors (Lipinski definition) is 1. The highest BCUT2D eigenvalue weighted by Gasteiger charge is 2.42. The third-order valence-corrected chi connectivity index (χ3v) is 7.41.